The Morgan fingerprint density at radius 1 is 1.40 bits per heavy atom. The Kier molecular flexibility index (Phi) is 5.56. The number of hydrogen-bond acceptors (Lipinski definition) is 3. The van der Waals surface area contributed by atoms with Crippen LogP contribution in [0.5, 0.6) is 0 Å². The summed E-state index contributed by atoms with van der Waals surface area (Å²) in [5.74, 6) is 0.0547. The largest absolute Gasteiger partial charge is 0.340 e. The quantitative estimate of drug-likeness (QED) is 0.855. The Bertz CT molecular complexity index is 421. The normalized spacial score (nSPS) is 19.2. The van der Waals surface area contributed by atoms with Crippen molar-refractivity contribution >= 4 is 5.91 Å². The molecule has 0 saturated carbocycles. The van der Waals surface area contributed by atoms with Crippen LogP contribution in [0.4, 0.5) is 0 Å². The van der Waals surface area contributed by atoms with Crippen LogP contribution in [0.1, 0.15) is 25.3 Å². The monoisotopic (exact) mass is 275 g/mol. The molecular formula is C16H25N3O. The molecule has 0 spiro atoms. The van der Waals surface area contributed by atoms with Gasteiger partial charge in [0, 0.05) is 25.7 Å². The summed E-state index contributed by atoms with van der Waals surface area (Å²) in [4.78, 5) is 16.1. The van der Waals surface area contributed by atoms with E-state index in [0.717, 1.165) is 26.2 Å². The average Bonchev–Trinajstić information content (AvgIpc) is 2.92. The second-order valence-corrected chi connectivity index (χ2v) is 5.39. The van der Waals surface area contributed by atoms with Crippen molar-refractivity contribution in [1.29, 1.82) is 0 Å². The molecule has 4 heteroatoms. The molecule has 1 aliphatic heterocycles. The summed E-state index contributed by atoms with van der Waals surface area (Å²) < 4.78 is 0. The summed E-state index contributed by atoms with van der Waals surface area (Å²) in [6.45, 7) is 5.77. The van der Waals surface area contributed by atoms with Crippen LogP contribution in [0.25, 0.3) is 0 Å². The molecule has 1 saturated heterocycles. The smallest absolute Gasteiger partial charge is 0.236 e. The van der Waals surface area contributed by atoms with Crippen LogP contribution in [-0.2, 0) is 11.3 Å². The Hall–Kier alpha value is -1.39. The number of likely N-dealkylation sites (tertiary alicyclic amines) is 1. The first-order chi connectivity index (χ1) is 9.74. The van der Waals surface area contributed by atoms with E-state index >= 15 is 0 Å². The van der Waals surface area contributed by atoms with Crippen molar-refractivity contribution in [1.82, 2.24) is 9.80 Å². The van der Waals surface area contributed by atoms with Gasteiger partial charge in [-0.05, 0) is 31.9 Å². The molecule has 2 N–H and O–H groups in total. The van der Waals surface area contributed by atoms with E-state index in [-0.39, 0.29) is 12.5 Å². The van der Waals surface area contributed by atoms with E-state index in [2.05, 4.69) is 29.2 Å². The molecule has 0 unspecified atom stereocenters. The van der Waals surface area contributed by atoms with Crippen LogP contribution in [0.3, 0.4) is 0 Å². The fourth-order valence-corrected chi connectivity index (χ4v) is 2.92. The number of nitrogens with two attached hydrogens (primary N) is 1. The number of benzene rings is 1. The zero-order valence-corrected chi connectivity index (χ0v) is 12.3. The van der Waals surface area contributed by atoms with Crippen molar-refractivity contribution < 1.29 is 4.79 Å². The van der Waals surface area contributed by atoms with Gasteiger partial charge in [0.1, 0.15) is 0 Å². The minimum atomic E-state index is 0.0547. The maximum Gasteiger partial charge on any atom is 0.236 e. The standard InChI is InChI=1S/C16H25N3O/c1-2-18(16(20)11-17)13-15-9-6-10-19(15)12-14-7-4-3-5-8-14/h3-5,7-8,15H,2,6,9-13,17H2,1H3/t15-/m0/s1. The van der Waals surface area contributed by atoms with Gasteiger partial charge in [0.25, 0.3) is 0 Å². The first-order valence-electron chi connectivity index (χ1n) is 7.50. The van der Waals surface area contributed by atoms with Gasteiger partial charge in [0.15, 0.2) is 0 Å². The van der Waals surface area contributed by atoms with Gasteiger partial charge in [0.2, 0.25) is 5.91 Å². The second kappa shape index (κ2) is 7.41. The molecule has 4 nitrogen and oxygen atoms in total. The summed E-state index contributed by atoms with van der Waals surface area (Å²) in [6, 6.07) is 11.0. The van der Waals surface area contributed by atoms with E-state index in [1.54, 1.807) is 0 Å². The molecular weight excluding hydrogens is 250 g/mol. The third-order valence-corrected chi connectivity index (χ3v) is 4.07. The molecule has 0 radical (unpaired) electrons. The number of rotatable bonds is 6. The Labute approximate surface area is 121 Å². The van der Waals surface area contributed by atoms with Gasteiger partial charge in [-0.1, -0.05) is 30.3 Å². The predicted octanol–water partition coefficient (Wildman–Crippen LogP) is 1.46. The molecule has 1 aromatic rings. The second-order valence-electron chi connectivity index (χ2n) is 5.39. The van der Waals surface area contributed by atoms with E-state index in [9.17, 15) is 4.79 Å². The first kappa shape index (κ1) is 15.0. The lowest BCUT2D eigenvalue weighted by Crippen LogP contribution is -2.44. The predicted molar refractivity (Wildman–Crippen MR) is 81.2 cm³/mol. The lowest BCUT2D eigenvalue weighted by atomic mass is 10.1. The molecule has 0 aromatic heterocycles. The van der Waals surface area contributed by atoms with Crippen molar-refractivity contribution in [2.24, 2.45) is 5.73 Å². The molecule has 2 rings (SSSR count). The van der Waals surface area contributed by atoms with E-state index < -0.39 is 0 Å². The van der Waals surface area contributed by atoms with Gasteiger partial charge in [0.05, 0.1) is 6.54 Å². The molecule has 1 aromatic carbocycles. The minimum absolute atomic E-state index is 0.0547. The van der Waals surface area contributed by atoms with Gasteiger partial charge in [-0.25, -0.2) is 0 Å². The summed E-state index contributed by atoms with van der Waals surface area (Å²) in [5.41, 5.74) is 6.82. The van der Waals surface area contributed by atoms with Gasteiger partial charge < -0.3 is 10.6 Å². The number of carbonyl (C=O) groups excluding carboxylic acids is 1. The van der Waals surface area contributed by atoms with Crippen molar-refractivity contribution in [3.8, 4) is 0 Å². The Morgan fingerprint density at radius 3 is 2.80 bits per heavy atom. The molecule has 1 heterocycles. The third kappa shape index (κ3) is 3.81. The molecule has 1 atom stereocenters. The Balaban J connectivity index is 1.95. The summed E-state index contributed by atoms with van der Waals surface area (Å²) >= 11 is 0. The fourth-order valence-electron chi connectivity index (χ4n) is 2.92. The highest BCUT2D eigenvalue weighted by atomic mass is 16.2. The van der Waals surface area contributed by atoms with Crippen molar-refractivity contribution in [3.63, 3.8) is 0 Å². The molecule has 0 aliphatic carbocycles. The summed E-state index contributed by atoms with van der Waals surface area (Å²) in [6.07, 6.45) is 2.38. The molecule has 0 bridgehead atoms. The van der Waals surface area contributed by atoms with Crippen molar-refractivity contribution in [3.05, 3.63) is 35.9 Å². The third-order valence-electron chi connectivity index (χ3n) is 4.07. The molecule has 110 valence electrons. The fraction of sp³-hybridized carbons (Fsp3) is 0.562. The average molecular weight is 275 g/mol. The van der Waals surface area contributed by atoms with Crippen LogP contribution >= 0.6 is 0 Å². The highest BCUT2D eigenvalue weighted by Gasteiger charge is 2.27. The van der Waals surface area contributed by atoms with Crippen LogP contribution in [0.15, 0.2) is 30.3 Å². The Morgan fingerprint density at radius 2 is 2.15 bits per heavy atom. The van der Waals surface area contributed by atoms with Gasteiger partial charge in [-0.15, -0.1) is 0 Å². The van der Waals surface area contributed by atoms with E-state index in [1.165, 1.54) is 18.4 Å². The maximum absolute atomic E-state index is 11.8. The van der Waals surface area contributed by atoms with Crippen molar-refractivity contribution in [2.75, 3.05) is 26.2 Å². The number of amides is 1. The number of nitrogens with zero attached hydrogens (tertiary/aromatic N) is 2. The SMILES string of the molecule is CCN(C[C@@H]1CCCN1Cc1ccccc1)C(=O)CN. The lowest BCUT2D eigenvalue weighted by Gasteiger charge is -2.30. The minimum Gasteiger partial charge on any atom is -0.340 e. The topological polar surface area (TPSA) is 49.6 Å². The molecule has 20 heavy (non-hydrogen) atoms. The molecule has 1 fully saturated rings. The highest BCUT2D eigenvalue weighted by Crippen LogP contribution is 2.21. The van der Waals surface area contributed by atoms with Gasteiger partial charge in [-0.3, -0.25) is 9.69 Å². The van der Waals surface area contributed by atoms with Crippen LogP contribution in [-0.4, -0.2) is 47.9 Å². The lowest BCUT2D eigenvalue weighted by molar-refractivity contribution is -0.130. The van der Waals surface area contributed by atoms with Crippen molar-refractivity contribution in [2.45, 2.75) is 32.4 Å². The summed E-state index contributed by atoms with van der Waals surface area (Å²) in [5, 5.41) is 0. The maximum atomic E-state index is 11.8. The number of likely N-dealkylation sites (N-methyl/N-ethyl adjacent to an activating group) is 1. The zero-order chi connectivity index (χ0) is 14.4. The first-order valence-corrected chi connectivity index (χ1v) is 7.50. The van der Waals surface area contributed by atoms with Gasteiger partial charge in [-0.2, -0.15) is 0 Å². The number of hydrogen-bond donors (Lipinski definition) is 1. The van der Waals surface area contributed by atoms with Crippen LogP contribution in [0, 0.1) is 0 Å². The van der Waals surface area contributed by atoms with Crippen LogP contribution in [0.2, 0.25) is 0 Å². The number of carbonyl (C=O) groups is 1. The van der Waals surface area contributed by atoms with E-state index in [1.807, 2.05) is 17.9 Å². The van der Waals surface area contributed by atoms with E-state index in [4.69, 9.17) is 5.73 Å². The van der Waals surface area contributed by atoms with Crippen LogP contribution < -0.4 is 5.73 Å². The van der Waals surface area contributed by atoms with E-state index in [0.29, 0.717) is 6.04 Å². The summed E-state index contributed by atoms with van der Waals surface area (Å²) in [7, 11) is 0. The zero-order valence-electron chi connectivity index (χ0n) is 12.3. The highest BCUT2D eigenvalue weighted by molar-refractivity contribution is 5.78. The molecule has 1 amide bonds. The molecule has 1 aliphatic rings. The van der Waals surface area contributed by atoms with Gasteiger partial charge >= 0.3 is 0 Å².